The van der Waals surface area contributed by atoms with Crippen LogP contribution in [0.15, 0.2) is 42.7 Å². The van der Waals surface area contributed by atoms with Gasteiger partial charge in [-0.15, -0.1) is 0 Å². The van der Waals surface area contributed by atoms with Crippen molar-refractivity contribution >= 4 is 63.0 Å². The number of hydrogen-bond donors (Lipinski definition) is 1. The molecule has 0 unspecified atom stereocenters. The summed E-state index contributed by atoms with van der Waals surface area (Å²) in [6.45, 7) is 16.0. The monoisotopic (exact) mass is 519 g/mol. The number of rotatable bonds is 5. The largest absolute Gasteiger partial charge is 0.439 e. The second-order valence-electron chi connectivity index (χ2n) is 7.63. The minimum absolute atomic E-state index is 0. The summed E-state index contributed by atoms with van der Waals surface area (Å²) in [5, 5.41) is 0.918. The number of alkyl halides is 1. The fraction of sp³-hybridized carbons (Fsp3) is 0.304. The number of likely N-dealkylation sites (tertiary alicyclic amines) is 1. The van der Waals surface area contributed by atoms with Crippen LogP contribution in [-0.4, -0.2) is 39.7 Å². The van der Waals surface area contributed by atoms with E-state index >= 15 is 0 Å². The number of hydrogen-bond acceptors (Lipinski definition) is 3. The summed E-state index contributed by atoms with van der Waals surface area (Å²) >= 11 is 0. The molecule has 0 bridgehead atoms. The molecule has 34 heavy (non-hydrogen) atoms. The van der Waals surface area contributed by atoms with Crippen molar-refractivity contribution in [2.75, 3.05) is 6.54 Å². The molecule has 180 valence electrons. The first-order valence-electron chi connectivity index (χ1n) is 9.91. The molecule has 1 aliphatic rings. The summed E-state index contributed by atoms with van der Waals surface area (Å²) in [6.07, 6.45) is 2.00. The first-order chi connectivity index (χ1) is 15.0. The number of H-pyrrole nitrogens is 1. The normalized spacial score (nSPS) is 17.4. The Morgan fingerprint density at radius 3 is 2.71 bits per heavy atom. The summed E-state index contributed by atoms with van der Waals surface area (Å²) in [7, 11) is 0. The summed E-state index contributed by atoms with van der Waals surface area (Å²) in [5.74, 6) is 0.378. The summed E-state index contributed by atoms with van der Waals surface area (Å²) in [5.41, 5.74) is 2.28. The molecule has 1 fully saturated rings. The maximum Gasteiger partial charge on any atom is 0.303 e. The molecule has 1 aliphatic heterocycles. The minimum atomic E-state index is -1.14. The number of ether oxygens (including phenoxy) is 1. The molecule has 0 spiro atoms. The summed E-state index contributed by atoms with van der Waals surface area (Å²) < 4.78 is 19.5. The molecule has 3 atom stereocenters. The first-order valence-corrected chi connectivity index (χ1v) is 9.91. The molecule has 1 amide bonds. The van der Waals surface area contributed by atoms with Gasteiger partial charge in [0, 0.05) is 29.2 Å². The van der Waals surface area contributed by atoms with Gasteiger partial charge in [-0.25, -0.2) is 20.8 Å². The number of carbonyl (C=O) groups is 1. The van der Waals surface area contributed by atoms with Gasteiger partial charge < -0.3 is 9.72 Å². The fourth-order valence-electron chi connectivity index (χ4n) is 3.83. The van der Waals surface area contributed by atoms with Crippen molar-refractivity contribution in [3.63, 3.8) is 0 Å². The van der Waals surface area contributed by atoms with E-state index < -0.39 is 12.3 Å². The standard InChI is InChI=1S/C23H20FN5O2.3H2S/c1-14(23(30)29-13-16(24)9-21(29)26-3)8-15-11-27-20-6-5-18(10-19(15)20)31-22-7-4-17(25-2)12-28-22;;;/h4-7,10-12,14,16,21,27H,8-9,13H2,1H3;3*1H2/t14-,16-,21-;;;/m0.../s1. The van der Waals surface area contributed by atoms with Crippen molar-refractivity contribution in [3.05, 3.63) is 71.1 Å². The van der Waals surface area contributed by atoms with Crippen LogP contribution < -0.4 is 4.74 Å². The molecule has 1 N–H and O–H groups in total. The number of aromatic nitrogens is 2. The number of benzene rings is 1. The Balaban J connectivity index is 0.00000193. The SMILES string of the molecule is S.S.S.[C-]#[N+]c1ccc(Oc2ccc3[nH]cc(C[C@H](C)C(=O)N4C[C@@H](F)C[C@H]4[N+]#[C-])c3c2)nc1. The number of nitrogens with zero attached hydrogens (tertiary/aromatic N) is 4. The Morgan fingerprint density at radius 2 is 2.06 bits per heavy atom. The third-order valence-corrected chi connectivity index (χ3v) is 5.41. The van der Waals surface area contributed by atoms with Crippen molar-refractivity contribution < 1.29 is 13.9 Å². The number of halogens is 1. The van der Waals surface area contributed by atoms with Crippen LogP contribution in [-0.2, 0) is 11.2 Å². The van der Waals surface area contributed by atoms with E-state index in [1.165, 1.54) is 11.1 Å². The highest BCUT2D eigenvalue weighted by molar-refractivity contribution is 7.59. The third-order valence-electron chi connectivity index (χ3n) is 5.41. The maximum atomic E-state index is 13.7. The molecular weight excluding hydrogens is 493 g/mol. The van der Waals surface area contributed by atoms with E-state index in [1.54, 1.807) is 19.1 Å². The molecule has 4 rings (SSSR count). The van der Waals surface area contributed by atoms with Crippen molar-refractivity contribution in [1.29, 1.82) is 0 Å². The van der Waals surface area contributed by atoms with Crippen molar-refractivity contribution in [3.8, 4) is 11.6 Å². The number of nitrogens with one attached hydrogen (secondary N) is 1. The van der Waals surface area contributed by atoms with Crippen LogP contribution in [0.5, 0.6) is 11.6 Å². The van der Waals surface area contributed by atoms with Gasteiger partial charge in [0.05, 0.1) is 19.5 Å². The number of fused-ring (bicyclic) bond motifs is 1. The fourth-order valence-corrected chi connectivity index (χ4v) is 3.83. The number of pyridine rings is 1. The van der Waals surface area contributed by atoms with Crippen LogP contribution in [0.3, 0.4) is 0 Å². The molecule has 1 saturated heterocycles. The predicted octanol–water partition coefficient (Wildman–Crippen LogP) is 5.24. The zero-order chi connectivity index (χ0) is 22.0. The van der Waals surface area contributed by atoms with Crippen LogP contribution in [0.1, 0.15) is 18.9 Å². The summed E-state index contributed by atoms with van der Waals surface area (Å²) in [6, 6.07) is 8.85. The molecule has 0 aliphatic carbocycles. The zero-order valence-corrected chi connectivity index (χ0v) is 21.4. The van der Waals surface area contributed by atoms with Gasteiger partial charge in [0.1, 0.15) is 11.9 Å². The van der Waals surface area contributed by atoms with E-state index in [9.17, 15) is 9.18 Å². The minimum Gasteiger partial charge on any atom is -0.439 e. The molecular formula is C23H26FN5O2S3. The molecule has 2 aromatic heterocycles. The summed E-state index contributed by atoms with van der Waals surface area (Å²) in [4.78, 5) is 28.2. The Morgan fingerprint density at radius 1 is 1.29 bits per heavy atom. The van der Waals surface area contributed by atoms with E-state index in [4.69, 9.17) is 17.9 Å². The maximum absolute atomic E-state index is 13.7. The highest BCUT2D eigenvalue weighted by atomic mass is 32.1. The first kappa shape index (κ1) is 29.2. The van der Waals surface area contributed by atoms with Crippen molar-refractivity contribution in [1.82, 2.24) is 14.9 Å². The van der Waals surface area contributed by atoms with E-state index in [0.29, 0.717) is 23.7 Å². The van der Waals surface area contributed by atoms with Gasteiger partial charge in [-0.2, -0.15) is 40.5 Å². The van der Waals surface area contributed by atoms with E-state index in [1.807, 2.05) is 24.4 Å². The quantitative estimate of drug-likeness (QED) is 0.469. The molecule has 1 aromatic carbocycles. The number of carbonyl (C=O) groups excluding carboxylic acids is 1. The Kier molecular flexibility index (Phi) is 10.8. The van der Waals surface area contributed by atoms with Gasteiger partial charge in [-0.3, -0.25) is 14.5 Å². The van der Waals surface area contributed by atoms with E-state index in [-0.39, 0.29) is 65.3 Å². The Labute approximate surface area is 218 Å². The number of amides is 1. The predicted molar refractivity (Wildman–Crippen MR) is 144 cm³/mol. The molecule has 0 saturated carbocycles. The molecule has 3 aromatic rings. The van der Waals surface area contributed by atoms with Crippen LogP contribution in [0.25, 0.3) is 20.6 Å². The highest BCUT2D eigenvalue weighted by Gasteiger charge is 2.41. The van der Waals surface area contributed by atoms with E-state index in [0.717, 1.165) is 16.5 Å². The molecule has 0 radical (unpaired) electrons. The van der Waals surface area contributed by atoms with E-state index in [2.05, 4.69) is 19.7 Å². The lowest BCUT2D eigenvalue weighted by Crippen LogP contribution is -2.38. The zero-order valence-electron chi connectivity index (χ0n) is 18.4. The van der Waals surface area contributed by atoms with Crippen molar-refractivity contribution in [2.24, 2.45) is 5.92 Å². The van der Waals surface area contributed by atoms with Gasteiger partial charge in [0.2, 0.25) is 17.5 Å². The van der Waals surface area contributed by atoms with Gasteiger partial charge >= 0.3 is 6.17 Å². The van der Waals surface area contributed by atoms with Crippen LogP contribution in [0.4, 0.5) is 10.1 Å². The molecule has 3 heterocycles. The van der Waals surface area contributed by atoms with Gasteiger partial charge in [0.15, 0.2) is 0 Å². The lowest BCUT2D eigenvalue weighted by molar-refractivity contribution is -0.135. The van der Waals surface area contributed by atoms with Gasteiger partial charge in [-0.1, -0.05) is 6.92 Å². The molecule has 11 heteroatoms. The number of aromatic amines is 1. The average molecular weight is 520 g/mol. The van der Waals surface area contributed by atoms with Gasteiger partial charge in [0.25, 0.3) is 0 Å². The second kappa shape index (κ2) is 12.6. The topological polar surface area (TPSA) is 66.9 Å². The van der Waals surface area contributed by atoms with Crippen LogP contribution in [0.2, 0.25) is 0 Å². The lowest BCUT2D eigenvalue weighted by atomic mass is 9.99. The van der Waals surface area contributed by atoms with Crippen LogP contribution in [0, 0.1) is 19.1 Å². The smallest absolute Gasteiger partial charge is 0.303 e. The van der Waals surface area contributed by atoms with Crippen molar-refractivity contribution in [2.45, 2.75) is 32.1 Å². The highest BCUT2D eigenvalue weighted by Crippen LogP contribution is 2.30. The Bertz CT molecular complexity index is 1210. The molecule has 7 nitrogen and oxygen atoms in total. The van der Waals surface area contributed by atoms with Gasteiger partial charge in [-0.05, 0) is 42.3 Å². The second-order valence-corrected chi connectivity index (χ2v) is 7.63. The van der Waals surface area contributed by atoms with Crippen LogP contribution >= 0.6 is 40.5 Å². The third kappa shape index (κ3) is 6.17. The average Bonchev–Trinajstić information content (AvgIpc) is 3.36. The lowest BCUT2D eigenvalue weighted by Gasteiger charge is -2.20. The Hall–Kier alpha value is -2.86.